The van der Waals surface area contributed by atoms with E-state index in [1.165, 1.54) is 0 Å². The van der Waals surface area contributed by atoms with Crippen LogP contribution >= 0.6 is 0 Å². The number of aliphatic hydroxyl groups is 2. The lowest BCUT2D eigenvalue weighted by atomic mass is 9.78. The molecular weight excluding hydrogens is 336 g/mol. The van der Waals surface area contributed by atoms with E-state index in [2.05, 4.69) is 6.58 Å². The third-order valence-electron chi connectivity index (χ3n) is 5.76. The van der Waals surface area contributed by atoms with Gasteiger partial charge in [0.25, 0.3) is 0 Å². The Bertz CT molecular complexity index is 703. The lowest BCUT2D eigenvalue weighted by molar-refractivity contribution is -0.175. The molecule has 142 valence electrons. The van der Waals surface area contributed by atoms with Crippen LogP contribution in [0.5, 0.6) is 0 Å². The first-order valence-electron chi connectivity index (χ1n) is 9.01. The second-order valence-electron chi connectivity index (χ2n) is 7.85. The minimum Gasteiger partial charge on any atom is -0.455 e. The molecule has 6 heteroatoms. The Morgan fingerprint density at radius 2 is 2.00 bits per heavy atom. The van der Waals surface area contributed by atoms with Gasteiger partial charge in [-0.25, -0.2) is 9.59 Å². The van der Waals surface area contributed by atoms with E-state index < -0.39 is 41.8 Å². The number of carbonyl (C=O) groups is 2. The predicted molar refractivity (Wildman–Crippen MR) is 93.9 cm³/mol. The van der Waals surface area contributed by atoms with Crippen molar-refractivity contribution in [1.29, 1.82) is 0 Å². The number of rotatable bonds is 1. The van der Waals surface area contributed by atoms with Gasteiger partial charge in [-0.15, -0.1) is 0 Å². The van der Waals surface area contributed by atoms with Crippen LogP contribution in [-0.4, -0.2) is 46.1 Å². The molecule has 2 aliphatic heterocycles. The molecule has 0 spiro atoms. The number of hydrogen-bond acceptors (Lipinski definition) is 6. The van der Waals surface area contributed by atoms with E-state index in [4.69, 9.17) is 9.47 Å². The molecule has 0 amide bonds. The molecule has 2 bridgehead atoms. The maximum Gasteiger partial charge on any atom is 0.339 e. The number of carbonyl (C=O) groups excluding carboxylic acids is 2. The van der Waals surface area contributed by atoms with Gasteiger partial charge in [0.15, 0.2) is 5.60 Å². The first-order valence-corrected chi connectivity index (χ1v) is 9.01. The van der Waals surface area contributed by atoms with Gasteiger partial charge in [0, 0.05) is 18.4 Å². The van der Waals surface area contributed by atoms with Crippen LogP contribution in [0.3, 0.4) is 0 Å². The summed E-state index contributed by atoms with van der Waals surface area (Å²) < 4.78 is 11.0. The minimum atomic E-state index is -1.65. The van der Waals surface area contributed by atoms with Gasteiger partial charge in [0.1, 0.15) is 12.2 Å². The second-order valence-corrected chi connectivity index (χ2v) is 7.85. The third-order valence-corrected chi connectivity index (χ3v) is 5.76. The van der Waals surface area contributed by atoms with Crippen LogP contribution in [0, 0.1) is 11.8 Å². The molecular formula is C20H26O6. The van der Waals surface area contributed by atoms with Crippen LogP contribution in [0.4, 0.5) is 0 Å². The summed E-state index contributed by atoms with van der Waals surface area (Å²) in [6.07, 6.45) is 2.35. The molecule has 1 fully saturated rings. The maximum atomic E-state index is 12.7. The van der Waals surface area contributed by atoms with Crippen molar-refractivity contribution < 1.29 is 29.3 Å². The Hall–Kier alpha value is -1.92. The van der Waals surface area contributed by atoms with Gasteiger partial charge in [-0.1, -0.05) is 32.1 Å². The predicted octanol–water partition coefficient (Wildman–Crippen LogP) is 1.81. The van der Waals surface area contributed by atoms with Crippen molar-refractivity contribution in [3.8, 4) is 0 Å². The van der Waals surface area contributed by atoms with E-state index in [1.807, 2.05) is 6.08 Å². The van der Waals surface area contributed by atoms with E-state index in [-0.39, 0.29) is 24.3 Å². The SMILES string of the molecule is C=C1C(=O)OC2C=C(C)C3CC=C(CC(O)C12)CC(O)(C(C)C)C(=O)O3. The molecule has 0 aromatic carbocycles. The summed E-state index contributed by atoms with van der Waals surface area (Å²) in [4.78, 5) is 24.6. The molecule has 5 atom stereocenters. The van der Waals surface area contributed by atoms with Crippen molar-refractivity contribution >= 4 is 11.9 Å². The molecule has 5 unspecified atom stereocenters. The number of aliphatic hydroxyl groups excluding tert-OH is 1. The highest BCUT2D eigenvalue weighted by molar-refractivity contribution is 5.91. The summed E-state index contributed by atoms with van der Waals surface area (Å²) in [5.41, 5.74) is 0.0861. The molecule has 2 N–H and O–H groups in total. The monoisotopic (exact) mass is 362 g/mol. The topological polar surface area (TPSA) is 93.1 Å². The lowest BCUT2D eigenvalue weighted by Crippen LogP contribution is -2.48. The van der Waals surface area contributed by atoms with Crippen molar-refractivity contribution in [1.82, 2.24) is 0 Å². The van der Waals surface area contributed by atoms with E-state index in [0.29, 0.717) is 12.0 Å². The van der Waals surface area contributed by atoms with Crippen LogP contribution in [0.2, 0.25) is 0 Å². The fourth-order valence-corrected chi connectivity index (χ4v) is 3.88. The summed E-state index contributed by atoms with van der Waals surface area (Å²) in [5, 5.41) is 21.7. The Kier molecular flexibility index (Phi) is 4.84. The van der Waals surface area contributed by atoms with Gasteiger partial charge in [0.2, 0.25) is 0 Å². The zero-order chi connectivity index (χ0) is 19.2. The Labute approximate surface area is 153 Å². The van der Waals surface area contributed by atoms with Gasteiger partial charge >= 0.3 is 11.9 Å². The van der Waals surface area contributed by atoms with Crippen LogP contribution in [0.15, 0.2) is 35.5 Å². The highest BCUT2D eigenvalue weighted by Crippen LogP contribution is 2.39. The van der Waals surface area contributed by atoms with Crippen molar-refractivity contribution in [3.05, 3.63) is 35.5 Å². The number of esters is 2. The fourth-order valence-electron chi connectivity index (χ4n) is 3.88. The van der Waals surface area contributed by atoms with Gasteiger partial charge < -0.3 is 19.7 Å². The van der Waals surface area contributed by atoms with Gasteiger partial charge in [0.05, 0.1) is 12.0 Å². The number of ether oxygens (including phenoxy) is 2. The van der Waals surface area contributed by atoms with Crippen molar-refractivity contribution in [2.75, 3.05) is 0 Å². The van der Waals surface area contributed by atoms with Crippen LogP contribution in [-0.2, 0) is 19.1 Å². The summed E-state index contributed by atoms with van der Waals surface area (Å²) in [7, 11) is 0. The summed E-state index contributed by atoms with van der Waals surface area (Å²) >= 11 is 0. The van der Waals surface area contributed by atoms with E-state index in [9.17, 15) is 19.8 Å². The zero-order valence-corrected chi connectivity index (χ0v) is 15.4. The molecule has 1 aliphatic carbocycles. The molecule has 0 radical (unpaired) electrons. The molecule has 2 heterocycles. The van der Waals surface area contributed by atoms with E-state index >= 15 is 0 Å². The van der Waals surface area contributed by atoms with Gasteiger partial charge in [-0.05, 0) is 30.9 Å². The first-order chi connectivity index (χ1) is 12.1. The maximum absolute atomic E-state index is 12.7. The zero-order valence-electron chi connectivity index (χ0n) is 15.4. The number of fused-ring (bicyclic) bond motifs is 3. The van der Waals surface area contributed by atoms with Crippen LogP contribution in [0.1, 0.15) is 40.0 Å². The summed E-state index contributed by atoms with van der Waals surface area (Å²) in [6, 6.07) is 0. The van der Waals surface area contributed by atoms with Crippen molar-refractivity contribution in [2.45, 2.75) is 63.9 Å². The quantitative estimate of drug-likeness (QED) is 0.420. The summed E-state index contributed by atoms with van der Waals surface area (Å²) in [6.45, 7) is 9.10. The Balaban J connectivity index is 2.06. The molecule has 0 saturated carbocycles. The minimum absolute atomic E-state index is 0.0920. The normalized spacial score (nSPS) is 38.0. The molecule has 26 heavy (non-hydrogen) atoms. The molecule has 3 rings (SSSR count). The molecule has 1 saturated heterocycles. The average Bonchev–Trinajstić information content (AvgIpc) is 2.82. The molecule has 6 nitrogen and oxygen atoms in total. The summed E-state index contributed by atoms with van der Waals surface area (Å²) in [5.74, 6) is -2.08. The second kappa shape index (κ2) is 6.67. The number of hydrogen-bond donors (Lipinski definition) is 2. The van der Waals surface area contributed by atoms with E-state index in [1.54, 1.807) is 26.8 Å². The third kappa shape index (κ3) is 3.12. The standard InChI is InChI=1S/C20H26O6/c1-10(2)20(24)9-13-5-6-15(26-19(20)23)11(3)7-16-17(14(21)8-13)12(4)18(22)25-16/h5,7,10,14-17,21,24H,4,6,8-9H2,1-3H3. The van der Waals surface area contributed by atoms with Gasteiger partial charge in [-0.2, -0.15) is 0 Å². The average molecular weight is 362 g/mol. The van der Waals surface area contributed by atoms with Crippen LogP contribution in [0.25, 0.3) is 0 Å². The van der Waals surface area contributed by atoms with Crippen molar-refractivity contribution in [3.63, 3.8) is 0 Å². The van der Waals surface area contributed by atoms with Crippen molar-refractivity contribution in [2.24, 2.45) is 11.8 Å². The van der Waals surface area contributed by atoms with Gasteiger partial charge in [-0.3, -0.25) is 0 Å². The smallest absolute Gasteiger partial charge is 0.339 e. The highest BCUT2D eigenvalue weighted by atomic mass is 16.6. The highest BCUT2D eigenvalue weighted by Gasteiger charge is 2.47. The van der Waals surface area contributed by atoms with E-state index in [0.717, 1.165) is 5.57 Å². The van der Waals surface area contributed by atoms with Crippen LogP contribution < -0.4 is 0 Å². The Morgan fingerprint density at radius 3 is 2.65 bits per heavy atom. The first kappa shape index (κ1) is 18.9. The lowest BCUT2D eigenvalue weighted by Gasteiger charge is -2.36. The Morgan fingerprint density at radius 1 is 1.31 bits per heavy atom. The largest absolute Gasteiger partial charge is 0.455 e. The molecule has 0 aromatic heterocycles. The fraction of sp³-hybridized carbons (Fsp3) is 0.600. The molecule has 3 aliphatic rings. The molecule has 0 aromatic rings.